The molecule has 1 fully saturated rings. The summed E-state index contributed by atoms with van der Waals surface area (Å²) >= 11 is 0. The van der Waals surface area contributed by atoms with Crippen molar-refractivity contribution in [1.29, 1.82) is 0 Å². The van der Waals surface area contributed by atoms with Gasteiger partial charge in [-0.15, -0.1) is 0 Å². The van der Waals surface area contributed by atoms with Crippen LogP contribution in [-0.4, -0.2) is 55.5 Å². The second-order valence-corrected chi connectivity index (χ2v) is 11.5. The van der Waals surface area contributed by atoms with Crippen molar-refractivity contribution >= 4 is 23.6 Å². The highest BCUT2D eigenvalue weighted by atomic mass is 16.6. The first-order valence-electron chi connectivity index (χ1n) is 13.8. The van der Waals surface area contributed by atoms with Gasteiger partial charge in [-0.2, -0.15) is 0 Å². The Balaban J connectivity index is 1.19. The van der Waals surface area contributed by atoms with E-state index < -0.39 is 11.7 Å². The van der Waals surface area contributed by atoms with Crippen molar-refractivity contribution in [2.24, 2.45) is 0 Å². The van der Waals surface area contributed by atoms with Crippen LogP contribution in [0.2, 0.25) is 0 Å². The average Bonchev–Trinajstić information content (AvgIpc) is 3.25. The van der Waals surface area contributed by atoms with Gasteiger partial charge in [-0.25, -0.2) is 9.59 Å². The molecule has 0 unspecified atom stereocenters. The van der Waals surface area contributed by atoms with E-state index >= 15 is 0 Å². The molecule has 0 spiro atoms. The molecule has 0 bridgehead atoms. The minimum absolute atomic E-state index is 0.0122. The average molecular weight is 543 g/mol. The number of nitrogens with zero attached hydrogens (tertiary/aromatic N) is 2. The molecule has 2 amide bonds. The van der Waals surface area contributed by atoms with Crippen molar-refractivity contribution < 1.29 is 19.1 Å². The molecule has 0 radical (unpaired) electrons. The van der Waals surface area contributed by atoms with E-state index in [0.717, 1.165) is 16.8 Å². The number of anilines is 2. The van der Waals surface area contributed by atoms with Crippen LogP contribution in [0.4, 0.5) is 21.0 Å². The summed E-state index contributed by atoms with van der Waals surface area (Å²) in [4.78, 5) is 29.2. The molecular weight excluding hydrogens is 504 g/mol. The zero-order chi connectivity index (χ0) is 28.4. The molecule has 0 atom stereocenters. The Hall–Kier alpha value is -4.20. The third-order valence-electron chi connectivity index (χ3n) is 7.55. The van der Waals surface area contributed by atoms with Crippen molar-refractivity contribution in [3.05, 3.63) is 82.9 Å². The number of carbonyl (C=O) groups excluding carboxylic acids is 2. The molecule has 8 heteroatoms. The highest BCUT2D eigenvalue weighted by molar-refractivity contribution is 5.79. The largest absolute Gasteiger partial charge is 0.449 e. The predicted octanol–water partition coefficient (Wildman–Crippen LogP) is 5.67. The van der Waals surface area contributed by atoms with Gasteiger partial charge in [0.2, 0.25) is 0 Å². The van der Waals surface area contributed by atoms with E-state index in [4.69, 9.17) is 15.2 Å². The number of carbonyl (C=O) groups is 2. The number of fused-ring (bicyclic) bond motifs is 3. The minimum Gasteiger partial charge on any atom is -0.449 e. The number of piperazine rings is 1. The Labute approximate surface area is 236 Å². The van der Waals surface area contributed by atoms with Crippen molar-refractivity contribution in [2.75, 3.05) is 43.4 Å². The van der Waals surface area contributed by atoms with Gasteiger partial charge in [-0.1, -0.05) is 48.5 Å². The quantitative estimate of drug-likeness (QED) is 0.403. The number of amides is 2. The Morgan fingerprint density at radius 3 is 2.15 bits per heavy atom. The van der Waals surface area contributed by atoms with Crippen molar-refractivity contribution in [2.45, 2.75) is 45.8 Å². The highest BCUT2D eigenvalue weighted by Gasteiger charge is 2.29. The van der Waals surface area contributed by atoms with Crippen molar-refractivity contribution in [3.63, 3.8) is 0 Å². The van der Waals surface area contributed by atoms with E-state index in [1.54, 1.807) is 4.90 Å². The summed E-state index contributed by atoms with van der Waals surface area (Å²) in [6.45, 7) is 10.7. The van der Waals surface area contributed by atoms with E-state index in [2.05, 4.69) is 34.5 Å². The number of nitrogens with two attached hydrogens (primary N) is 1. The maximum absolute atomic E-state index is 12.8. The van der Waals surface area contributed by atoms with Crippen LogP contribution in [-0.2, 0) is 16.0 Å². The fourth-order valence-electron chi connectivity index (χ4n) is 5.57. The van der Waals surface area contributed by atoms with Gasteiger partial charge < -0.3 is 30.3 Å². The molecule has 3 aromatic rings. The van der Waals surface area contributed by atoms with Gasteiger partial charge in [0.15, 0.2) is 0 Å². The summed E-state index contributed by atoms with van der Waals surface area (Å²) in [5.41, 5.74) is 14.1. The lowest BCUT2D eigenvalue weighted by molar-refractivity contribution is 0.0240. The van der Waals surface area contributed by atoms with Crippen molar-refractivity contribution in [1.82, 2.24) is 10.2 Å². The Morgan fingerprint density at radius 2 is 1.55 bits per heavy atom. The molecule has 0 saturated carbocycles. The molecule has 1 aliphatic carbocycles. The fraction of sp³-hybridized carbons (Fsp3) is 0.375. The lowest BCUT2D eigenvalue weighted by atomic mass is 9.98. The van der Waals surface area contributed by atoms with Crippen LogP contribution in [0.25, 0.3) is 11.1 Å². The van der Waals surface area contributed by atoms with Crippen LogP contribution in [0.5, 0.6) is 0 Å². The molecule has 210 valence electrons. The van der Waals surface area contributed by atoms with Crippen LogP contribution in [0.3, 0.4) is 0 Å². The topological polar surface area (TPSA) is 97.1 Å². The smallest absolute Gasteiger partial charge is 0.410 e. The SMILES string of the molecule is Cc1c(CNC(=O)OCC2c3ccccc3-c3ccccc32)cc(N)cc1N1CCN(C(=O)OC(C)(C)C)CC1. The zero-order valence-electron chi connectivity index (χ0n) is 23.7. The first-order valence-corrected chi connectivity index (χ1v) is 13.8. The third-order valence-corrected chi connectivity index (χ3v) is 7.55. The van der Waals surface area contributed by atoms with E-state index in [-0.39, 0.29) is 18.6 Å². The predicted molar refractivity (Wildman–Crippen MR) is 158 cm³/mol. The summed E-state index contributed by atoms with van der Waals surface area (Å²) in [6, 6.07) is 20.4. The van der Waals surface area contributed by atoms with Gasteiger partial charge >= 0.3 is 12.2 Å². The summed E-state index contributed by atoms with van der Waals surface area (Å²) in [6.07, 6.45) is -0.749. The number of nitrogen functional groups attached to an aromatic ring is 1. The number of benzene rings is 3. The molecule has 1 aliphatic heterocycles. The Morgan fingerprint density at radius 1 is 0.950 bits per heavy atom. The molecule has 0 aromatic heterocycles. The number of alkyl carbamates (subject to hydrolysis) is 1. The second kappa shape index (κ2) is 11.1. The van der Waals surface area contributed by atoms with E-state index in [9.17, 15) is 9.59 Å². The zero-order valence-corrected chi connectivity index (χ0v) is 23.7. The van der Waals surface area contributed by atoms with E-state index in [1.165, 1.54) is 22.3 Å². The van der Waals surface area contributed by atoms with E-state index in [0.29, 0.717) is 38.4 Å². The first kappa shape index (κ1) is 27.4. The highest BCUT2D eigenvalue weighted by Crippen LogP contribution is 2.44. The van der Waals surface area contributed by atoms with Gasteiger partial charge in [-0.05, 0) is 73.2 Å². The molecule has 8 nitrogen and oxygen atoms in total. The van der Waals surface area contributed by atoms with Crippen molar-refractivity contribution in [3.8, 4) is 11.1 Å². The van der Waals surface area contributed by atoms with Gasteiger partial charge in [0.05, 0.1) is 0 Å². The number of ether oxygens (including phenoxy) is 2. The molecule has 1 saturated heterocycles. The van der Waals surface area contributed by atoms with Gasteiger partial charge in [0.1, 0.15) is 12.2 Å². The molecule has 5 rings (SSSR count). The summed E-state index contributed by atoms with van der Waals surface area (Å²) in [7, 11) is 0. The molecular formula is C32H38N4O4. The molecule has 2 aliphatic rings. The number of nitrogens with one attached hydrogen (secondary N) is 1. The fourth-order valence-corrected chi connectivity index (χ4v) is 5.57. The number of rotatable bonds is 5. The lowest BCUT2D eigenvalue weighted by Gasteiger charge is -2.37. The summed E-state index contributed by atoms with van der Waals surface area (Å²) in [5, 5.41) is 2.91. The van der Waals surface area contributed by atoms with E-state index in [1.807, 2.05) is 64.1 Å². The first-order chi connectivity index (χ1) is 19.1. The monoisotopic (exact) mass is 542 g/mol. The van der Waals surface area contributed by atoms with Crippen LogP contribution in [0.1, 0.15) is 48.9 Å². The lowest BCUT2D eigenvalue weighted by Crippen LogP contribution is -2.50. The van der Waals surface area contributed by atoms with Gasteiger partial charge in [0.25, 0.3) is 0 Å². The van der Waals surface area contributed by atoms with Gasteiger partial charge in [0, 0.05) is 50.0 Å². The standard InChI is InChI=1S/C32H38N4O4/c1-21-22(17-23(33)18-29(21)35-13-15-36(16-14-35)31(38)40-32(2,3)4)19-34-30(37)39-20-28-26-11-7-5-9-24(26)25-10-6-8-12-27(25)28/h5-12,17-18,28H,13-16,19-20,33H2,1-4H3,(H,34,37). The Kier molecular flexibility index (Phi) is 7.61. The maximum atomic E-state index is 12.8. The molecule has 3 aromatic carbocycles. The normalized spacial score (nSPS) is 14.9. The maximum Gasteiger partial charge on any atom is 0.410 e. The minimum atomic E-state index is -0.520. The van der Waals surface area contributed by atoms with Crippen LogP contribution in [0.15, 0.2) is 60.7 Å². The number of hydrogen-bond acceptors (Lipinski definition) is 6. The molecule has 40 heavy (non-hydrogen) atoms. The van der Waals surface area contributed by atoms with Gasteiger partial charge in [-0.3, -0.25) is 0 Å². The second-order valence-electron chi connectivity index (χ2n) is 11.5. The number of hydrogen-bond donors (Lipinski definition) is 2. The third kappa shape index (κ3) is 5.86. The van der Waals surface area contributed by atoms with Crippen LogP contribution < -0.4 is 16.0 Å². The van der Waals surface area contributed by atoms with Crippen LogP contribution >= 0.6 is 0 Å². The Bertz CT molecular complexity index is 1360. The summed E-state index contributed by atoms with van der Waals surface area (Å²) in [5.74, 6) is 0.0122. The summed E-state index contributed by atoms with van der Waals surface area (Å²) < 4.78 is 11.2. The van der Waals surface area contributed by atoms with Crippen LogP contribution in [0, 0.1) is 6.92 Å². The molecule has 3 N–H and O–H groups in total. The molecule has 1 heterocycles.